The second kappa shape index (κ2) is 5.68. The van der Waals surface area contributed by atoms with Crippen LogP contribution < -0.4 is 5.32 Å². The molecule has 114 valence electrons. The molecule has 1 aromatic carbocycles. The highest BCUT2D eigenvalue weighted by atomic mass is 16.6. The highest BCUT2D eigenvalue weighted by Gasteiger charge is 2.46. The first-order chi connectivity index (χ1) is 10.1. The molecular formula is C17H24N2O2. The molecule has 21 heavy (non-hydrogen) atoms. The van der Waals surface area contributed by atoms with Gasteiger partial charge in [-0.25, -0.2) is 4.79 Å². The maximum atomic E-state index is 12.2. The summed E-state index contributed by atoms with van der Waals surface area (Å²) in [4.78, 5) is 14.1. The quantitative estimate of drug-likeness (QED) is 0.930. The number of ether oxygens (including phenoxy) is 1. The Kier molecular flexibility index (Phi) is 3.89. The van der Waals surface area contributed by atoms with Gasteiger partial charge in [0.2, 0.25) is 0 Å². The number of carbonyl (C=O) groups is 1. The largest absolute Gasteiger partial charge is 0.441 e. The van der Waals surface area contributed by atoms with E-state index in [1.807, 2.05) is 11.0 Å². The van der Waals surface area contributed by atoms with E-state index < -0.39 is 0 Å². The van der Waals surface area contributed by atoms with Crippen LogP contribution in [-0.4, -0.2) is 36.2 Å². The number of amides is 1. The van der Waals surface area contributed by atoms with Crippen molar-refractivity contribution in [2.45, 2.75) is 38.8 Å². The van der Waals surface area contributed by atoms with Gasteiger partial charge in [-0.05, 0) is 45.3 Å². The van der Waals surface area contributed by atoms with Crippen LogP contribution in [0, 0.1) is 12.8 Å². The fourth-order valence-electron chi connectivity index (χ4n) is 3.54. The average Bonchev–Trinajstić information content (AvgIpc) is 2.76. The number of aryl methyl sites for hydroxylation is 1. The number of nitrogens with one attached hydrogen (secondary N) is 1. The van der Waals surface area contributed by atoms with Gasteiger partial charge in [-0.15, -0.1) is 0 Å². The molecule has 0 aliphatic carbocycles. The molecule has 0 saturated carbocycles. The van der Waals surface area contributed by atoms with Gasteiger partial charge < -0.3 is 10.1 Å². The van der Waals surface area contributed by atoms with Crippen LogP contribution in [0.3, 0.4) is 0 Å². The van der Waals surface area contributed by atoms with Crippen molar-refractivity contribution in [3.63, 3.8) is 0 Å². The molecule has 1 unspecified atom stereocenters. The summed E-state index contributed by atoms with van der Waals surface area (Å²) < 4.78 is 5.76. The fraction of sp³-hybridized carbons (Fsp3) is 0.588. The standard InChI is InChI=1S/C17H24N2O2/c1-13-4-3-5-14(10-13)11-19-12-17(2,21-16(19)20)15-6-8-18-9-7-15/h3-5,10,15,18H,6-9,11-12H2,1-2H3. The Morgan fingerprint density at radius 2 is 2.14 bits per heavy atom. The molecule has 2 saturated heterocycles. The first kappa shape index (κ1) is 14.4. The van der Waals surface area contributed by atoms with Gasteiger partial charge in [0.05, 0.1) is 6.54 Å². The molecule has 4 heteroatoms. The Bertz CT molecular complexity index is 525. The van der Waals surface area contributed by atoms with E-state index in [4.69, 9.17) is 4.74 Å². The van der Waals surface area contributed by atoms with E-state index >= 15 is 0 Å². The number of carbonyl (C=O) groups excluding carboxylic acids is 1. The number of rotatable bonds is 3. The lowest BCUT2D eigenvalue weighted by Crippen LogP contribution is -2.44. The van der Waals surface area contributed by atoms with Crippen molar-refractivity contribution < 1.29 is 9.53 Å². The van der Waals surface area contributed by atoms with E-state index in [1.165, 1.54) is 11.1 Å². The molecule has 3 rings (SSSR count). The minimum absolute atomic E-state index is 0.169. The average molecular weight is 288 g/mol. The Morgan fingerprint density at radius 1 is 1.38 bits per heavy atom. The summed E-state index contributed by atoms with van der Waals surface area (Å²) in [5, 5.41) is 3.37. The van der Waals surface area contributed by atoms with Gasteiger partial charge in [0.25, 0.3) is 0 Å². The summed E-state index contributed by atoms with van der Waals surface area (Å²) >= 11 is 0. The van der Waals surface area contributed by atoms with Gasteiger partial charge in [-0.1, -0.05) is 29.8 Å². The number of piperidine rings is 1. The molecule has 2 heterocycles. The van der Waals surface area contributed by atoms with Gasteiger partial charge >= 0.3 is 6.09 Å². The van der Waals surface area contributed by atoms with E-state index in [9.17, 15) is 4.79 Å². The molecule has 1 atom stereocenters. The summed E-state index contributed by atoms with van der Waals surface area (Å²) in [6, 6.07) is 8.32. The Morgan fingerprint density at radius 3 is 2.86 bits per heavy atom. The molecule has 1 aromatic rings. The highest BCUT2D eigenvalue weighted by molar-refractivity contribution is 5.70. The summed E-state index contributed by atoms with van der Waals surface area (Å²) in [6.07, 6.45) is 2.00. The first-order valence-electron chi connectivity index (χ1n) is 7.81. The van der Waals surface area contributed by atoms with Gasteiger partial charge in [0, 0.05) is 12.5 Å². The van der Waals surface area contributed by atoms with Crippen molar-refractivity contribution in [2.24, 2.45) is 5.92 Å². The van der Waals surface area contributed by atoms with Crippen LogP contribution in [0.2, 0.25) is 0 Å². The van der Waals surface area contributed by atoms with E-state index in [2.05, 4.69) is 37.4 Å². The van der Waals surface area contributed by atoms with E-state index in [-0.39, 0.29) is 11.7 Å². The predicted molar refractivity (Wildman–Crippen MR) is 82.1 cm³/mol. The lowest BCUT2D eigenvalue weighted by Gasteiger charge is -2.34. The van der Waals surface area contributed by atoms with E-state index in [0.717, 1.165) is 25.9 Å². The summed E-state index contributed by atoms with van der Waals surface area (Å²) in [7, 11) is 0. The van der Waals surface area contributed by atoms with E-state index in [1.54, 1.807) is 0 Å². The van der Waals surface area contributed by atoms with Crippen LogP contribution in [0.25, 0.3) is 0 Å². The van der Waals surface area contributed by atoms with Gasteiger partial charge in [0.1, 0.15) is 5.60 Å². The van der Waals surface area contributed by atoms with Crippen LogP contribution in [-0.2, 0) is 11.3 Å². The van der Waals surface area contributed by atoms with Crippen molar-refractivity contribution in [2.75, 3.05) is 19.6 Å². The van der Waals surface area contributed by atoms with Crippen molar-refractivity contribution in [3.8, 4) is 0 Å². The minimum atomic E-state index is -0.330. The number of hydrogen-bond acceptors (Lipinski definition) is 3. The Balaban J connectivity index is 1.69. The van der Waals surface area contributed by atoms with Gasteiger partial charge in [0.15, 0.2) is 0 Å². The summed E-state index contributed by atoms with van der Waals surface area (Å²) in [5.74, 6) is 0.463. The molecule has 2 aliphatic heterocycles. The molecule has 0 bridgehead atoms. The molecule has 4 nitrogen and oxygen atoms in total. The van der Waals surface area contributed by atoms with Crippen molar-refractivity contribution in [1.29, 1.82) is 0 Å². The normalized spacial score (nSPS) is 27.0. The lowest BCUT2D eigenvalue weighted by molar-refractivity contribution is 0.00943. The zero-order valence-corrected chi connectivity index (χ0v) is 12.9. The highest BCUT2D eigenvalue weighted by Crippen LogP contribution is 2.35. The molecule has 0 spiro atoms. The van der Waals surface area contributed by atoms with Crippen LogP contribution in [0.4, 0.5) is 4.79 Å². The molecule has 1 N–H and O–H groups in total. The van der Waals surface area contributed by atoms with Crippen LogP contribution in [0.5, 0.6) is 0 Å². The maximum absolute atomic E-state index is 12.2. The molecule has 2 fully saturated rings. The third-order valence-electron chi connectivity index (χ3n) is 4.74. The number of hydrogen-bond donors (Lipinski definition) is 1. The fourth-order valence-corrected chi connectivity index (χ4v) is 3.54. The van der Waals surface area contributed by atoms with E-state index in [0.29, 0.717) is 19.0 Å². The minimum Gasteiger partial charge on any atom is -0.441 e. The predicted octanol–water partition coefficient (Wildman–Crippen LogP) is 2.71. The van der Waals surface area contributed by atoms with Gasteiger partial charge in [-0.2, -0.15) is 0 Å². The second-order valence-electron chi connectivity index (χ2n) is 6.55. The SMILES string of the molecule is Cc1cccc(CN2CC(C)(C3CCNCC3)OC2=O)c1. The molecule has 0 radical (unpaired) electrons. The smallest absolute Gasteiger partial charge is 0.410 e. The van der Waals surface area contributed by atoms with Crippen molar-refractivity contribution in [1.82, 2.24) is 10.2 Å². The van der Waals surface area contributed by atoms with Gasteiger partial charge in [-0.3, -0.25) is 4.90 Å². The first-order valence-corrected chi connectivity index (χ1v) is 7.81. The molecular weight excluding hydrogens is 264 g/mol. The Labute approximate surface area is 126 Å². The second-order valence-corrected chi connectivity index (χ2v) is 6.55. The number of benzene rings is 1. The number of nitrogens with zero attached hydrogens (tertiary/aromatic N) is 1. The molecule has 2 aliphatic rings. The summed E-state index contributed by atoms with van der Waals surface area (Å²) in [5.41, 5.74) is 2.06. The van der Waals surface area contributed by atoms with Crippen molar-refractivity contribution >= 4 is 6.09 Å². The molecule has 1 amide bonds. The van der Waals surface area contributed by atoms with Crippen molar-refractivity contribution in [3.05, 3.63) is 35.4 Å². The third-order valence-corrected chi connectivity index (χ3v) is 4.74. The summed E-state index contributed by atoms with van der Waals surface area (Å²) in [6.45, 7) is 7.55. The maximum Gasteiger partial charge on any atom is 0.410 e. The third kappa shape index (κ3) is 3.05. The van der Waals surface area contributed by atoms with Crippen LogP contribution in [0.1, 0.15) is 30.9 Å². The zero-order chi connectivity index (χ0) is 14.9. The van der Waals surface area contributed by atoms with Crippen LogP contribution in [0.15, 0.2) is 24.3 Å². The van der Waals surface area contributed by atoms with Crippen LogP contribution >= 0.6 is 0 Å². The monoisotopic (exact) mass is 288 g/mol. The topological polar surface area (TPSA) is 41.6 Å². The zero-order valence-electron chi connectivity index (χ0n) is 12.9. The number of cyclic esters (lactones) is 1. The lowest BCUT2D eigenvalue weighted by atomic mass is 9.82. The molecule has 0 aromatic heterocycles. The Hall–Kier alpha value is -1.55.